The van der Waals surface area contributed by atoms with Crippen LogP contribution < -0.4 is 5.32 Å². The van der Waals surface area contributed by atoms with Crippen LogP contribution in [-0.4, -0.2) is 87.2 Å². The number of hydrogen-bond acceptors (Lipinski definition) is 4. The highest BCUT2D eigenvalue weighted by Crippen LogP contribution is 2.30. The van der Waals surface area contributed by atoms with Crippen molar-refractivity contribution in [3.63, 3.8) is 0 Å². The number of piperidine rings is 1. The highest BCUT2D eigenvalue weighted by molar-refractivity contribution is 4.91. The first-order valence-corrected chi connectivity index (χ1v) is 8.30. The number of likely N-dealkylation sites (N-methyl/N-ethyl adjacent to an activating group) is 1. The monoisotopic (exact) mass is 282 g/mol. The lowest BCUT2D eigenvalue weighted by atomic mass is 9.77. The van der Waals surface area contributed by atoms with Crippen LogP contribution >= 0.6 is 0 Å². The molecule has 0 saturated carbocycles. The Morgan fingerprint density at radius 2 is 1.75 bits per heavy atom. The van der Waals surface area contributed by atoms with Crippen molar-refractivity contribution in [2.45, 2.75) is 32.7 Å². The molecule has 0 aliphatic carbocycles. The Balaban J connectivity index is 1.71. The normalized spacial score (nSPS) is 28.9. The summed E-state index contributed by atoms with van der Waals surface area (Å²) in [6.07, 6.45) is 2.70. The number of nitrogens with zero attached hydrogens (tertiary/aromatic N) is 3. The molecule has 20 heavy (non-hydrogen) atoms. The number of piperazine rings is 1. The van der Waals surface area contributed by atoms with Gasteiger partial charge in [-0.25, -0.2) is 0 Å². The van der Waals surface area contributed by atoms with E-state index in [0.717, 1.165) is 0 Å². The third-order valence-corrected chi connectivity index (χ3v) is 5.10. The molecule has 2 aliphatic heterocycles. The van der Waals surface area contributed by atoms with E-state index in [1.165, 1.54) is 65.2 Å². The van der Waals surface area contributed by atoms with E-state index in [4.69, 9.17) is 0 Å². The maximum atomic E-state index is 3.75. The van der Waals surface area contributed by atoms with Crippen LogP contribution in [-0.2, 0) is 0 Å². The average Bonchev–Trinajstić information content (AvgIpc) is 2.40. The zero-order valence-corrected chi connectivity index (χ0v) is 14.0. The molecule has 2 fully saturated rings. The van der Waals surface area contributed by atoms with E-state index in [1.807, 2.05) is 0 Å². The van der Waals surface area contributed by atoms with Crippen molar-refractivity contribution in [1.29, 1.82) is 0 Å². The number of rotatable bonds is 5. The second-order valence-corrected chi connectivity index (χ2v) is 7.54. The minimum absolute atomic E-state index is 0.459. The van der Waals surface area contributed by atoms with Crippen LogP contribution in [0.15, 0.2) is 0 Å². The van der Waals surface area contributed by atoms with E-state index in [2.05, 4.69) is 48.0 Å². The van der Waals surface area contributed by atoms with Crippen LogP contribution in [0.5, 0.6) is 0 Å². The highest BCUT2D eigenvalue weighted by atomic mass is 15.3. The molecule has 1 atom stereocenters. The van der Waals surface area contributed by atoms with Gasteiger partial charge in [-0.2, -0.15) is 0 Å². The molecule has 0 aromatic carbocycles. The predicted octanol–water partition coefficient (Wildman–Crippen LogP) is 0.944. The zero-order chi connectivity index (χ0) is 14.6. The molecule has 4 heteroatoms. The first kappa shape index (κ1) is 16.2. The lowest BCUT2D eigenvalue weighted by Crippen LogP contribution is -2.56. The van der Waals surface area contributed by atoms with E-state index < -0.39 is 0 Å². The van der Waals surface area contributed by atoms with Crippen molar-refractivity contribution in [2.75, 3.05) is 66.5 Å². The Hall–Kier alpha value is -0.160. The van der Waals surface area contributed by atoms with Crippen molar-refractivity contribution in [2.24, 2.45) is 5.41 Å². The third kappa shape index (κ3) is 4.69. The fourth-order valence-electron chi connectivity index (χ4n) is 3.38. The van der Waals surface area contributed by atoms with E-state index in [-0.39, 0.29) is 0 Å². The van der Waals surface area contributed by atoms with Gasteiger partial charge in [0.25, 0.3) is 0 Å². The van der Waals surface area contributed by atoms with E-state index >= 15 is 0 Å². The second kappa shape index (κ2) is 7.21. The van der Waals surface area contributed by atoms with Gasteiger partial charge in [-0.05, 0) is 38.9 Å². The Kier molecular flexibility index (Phi) is 5.84. The van der Waals surface area contributed by atoms with Gasteiger partial charge in [0, 0.05) is 51.9 Å². The van der Waals surface area contributed by atoms with Crippen LogP contribution in [0.2, 0.25) is 0 Å². The van der Waals surface area contributed by atoms with Crippen LogP contribution in [0.4, 0.5) is 0 Å². The summed E-state index contributed by atoms with van der Waals surface area (Å²) in [6, 6.07) is 0.671. The van der Waals surface area contributed by atoms with Crippen LogP contribution in [0, 0.1) is 5.41 Å². The number of hydrogen-bond donors (Lipinski definition) is 1. The van der Waals surface area contributed by atoms with Crippen LogP contribution in [0.1, 0.15) is 26.7 Å². The molecule has 0 bridgehead atoms. The van der Waals surface area contributed by atoms with Gasteiger partial charge in [0.15, 0.2) is 0 Å². The fourth-order valence-corrected chi connectivity index (χ4v) is 3.38. The first-order valence-electron chi connectivity index (χ1n) is 8.30. The van der Waals surface area contributed by atoms with E-state index in [0.29, 0.717) is 11.5 Å². The maximum Gasteiger partial charge on any atom is 0.0246 e. The minimum atomic E-state index is 0.459. The van der Waals surface area contributed by atoms with Crippen LogP contribution in [0.3, 0.4) is 0 Å². The Labute approximate surface area is 125 Å². The van der Waals surface area contributed by atoms with Gasteiger partial charge in [-0.3, -0.25) is 9.80 Å². The Morgan fingerprint density at radius 3 is 2.35 bits per heavy atom. The molecule has 0 aromatic heterocycles. The minimum Gasteiger partial charge on any atom is -0.312 e. The summed E-state index contributed by atoms with van der Waals surface area (Å²) in [5.41, 5.74) is 0.459. The smallest absolute Gasteiger partial charge is 0.0246 e. The third-order valence-electron chi connectivity index (χ3n) is 5.10. The molecule has 0 radical (unpaired) electrons. The quantitative estimate of drug-likeness (QED) is 0.810. The topological polar surface area (TPSA) is 21.8 Å². The molecule has 1 N–H and O–H groups in total. The van der Waals surface area contributed by atoms with Crippen molar-refractivity contribution in [3.05, 3.63) is 0 Å². The molecule has 118 valence electrons. The van der Waals surface area contributed by atoms with Gasteiger partial charge in [-0.15, -0.1) is 0 Å². The predicted molar refractivity (Wildman–Crippen MR) is 86.2 cm³/mol. The zero-order valence-electron chi connectivity index (χ0n) is 14.0. The van der Waals surface area contributed by atoms with Gasteiger partial charge >= 0.3 is 0 Å². The summed E-state index contributed by atoms with van der Waals surface area (Å²) in [4.78, 5) is 7.55. The van der Waals surface area contributed by atoms with Gasteiger partial charge < -0.3 is 10.2 Å². The number of nitrogens with one attached hydrogen (secondary N) is 1. The molecule has 0 amide bonds. The molecule has 1 unspecified atom stereocenters. The summed E-state index contributed by atoms with van der Waals surface area (Å²) in [5, 5.41) is 3.75. The van der Waals surface area contributed by atoms with Gasteiger partial charge in [0.1, 0.15) is 0 Å². The molecule has 2 aliphatic rings. The lowest BCUT2D eigenvalue weighted by Gasteiger charge is -2.44. The summed E-state index contributed by atoms with van der Waals surface area (Å²) < 4.78 is 0. The molecule has 4 nitrogen and oxygen atoms in total. The Bertz CT molecular complexity index is 282. The van der Waals surface area contributed by atoms with Crippen molar-refractivity contribution in [3.8, 4) is 0 Å². The van der Waals surface area contributed by atoms with Crippen molar-refractivity contribution < 1.29 is 0 Å². The van der Waals surface area contributed by atoms with Gasteiger partial charge in [-0.1, -0.05) is 13.8 Å². The molecular formula is C16H34N4. The van der Waals surface area contributed by atoms with Gasteiger partial charge in [0.2, 0.25) is 0 Å². The summed E-state index contributed by atoms with van der Waals surface area (Å²) in [7, 11) is 4.32. The average molecular weight is 282 g/mol. The highest BCUT2D eigenvalue weighted by Gasteiger charge is 2.33. The Morgan fingerprint density at radius 1 is 1.10 bits per heavy atom. The van der Waals surface area contributed by atoms with E-state index in [1.54, 1.807) is 0 Å². The second-order valence-electron chi connectivity index (χ2n) is 7.54. The van der Waals surface area contributed by atoms with E-state index in [9.17, 15) is 0 Å². The van der Waals surface area contributed by atoms with Gasteiger partial charge in [0.05, 0.1) is 0 Å². The fraction of sp³-hybridized carbons (Fsp3) is 1.00. The largest absolute Gasteiger partial charge is 0.312 e. The molecule has 2 saturated heterocycles. The van der Waals surface area contributed by atoms with Crippen LogP contribution in [0.25, 0.3) is 0 Å². The maximum absolute atomic E-state index is 3.75. The molecule has 0 aromatic rings. The molecule has 0 spiro atoms. The first-order chi connectivity index (χ1) is 9.47. The summed E-state index contributed by atoms with van der Waals surface area (Å²) in [6.45, 7) is 14.6. The van der Waals surface area contributed by atoms with Crippen molar-refractivity contribution >= 4 is 0 Å². The van der Waals surface area contributed by atoms with Crippen molar-refractivity contribution in [1.82, 2.24) is 20.0 Å². The molecule has 2 rings (SSSR count). The molecular weight excluding hydrogens is 248 g/mol. The summed E-state index contributed by atoms with van der Waals surface area (Å²) in [5.74, 6) is 0. The standard InChI is InChI=1S/C16H34N4/c1-16(2)6-5-7-17-15(16)14-20-12-10-19(11-13-20)9-8-18(3)4/h15,17H,5-14H2,1-4H3. The lowest BCUT2D eigenvalue weighted by molar-refractivity contribution is 0.0816. The summed E-state index contributed by atoms with van der Waals surface area (Å²) >= 11 is 0. The SMILES string of the molecule is CN(C)CCN1CCN(CC2NCCCC2(C)C)CC1. The molecule has 2 heterocycles.